The molecule has 6 nitrogen and oxygen atoms in total. The van der Waals surface area contributed by atoms with Gasteiger partial charge in [-0.15, -0.1) is 5.10 Å². The molecule has 138 valence electrons. The van der Waals surface area contributed by atoms with E-state index in [0.29, 0.717) is 24.7 Å². The predicted molar refractivity (Wildman–Crippen MR) is 106 cm³/mol. The Morgan fingerprint density at radius 3 is 2.59 bits per heavy atom. The van der Waals surface area contributed by atoms with Crippen LogP contribution in [0, 0.1) is 0 Å². The molecule has 2 aromatic carbocycles. The van der Waals surface area contributed by atoms with Crippen LogP contribution in [0.2, 0.25) is 0 Å². The summed E-state index contributed by atoms with van der Waals surface area (Å²) in [6.45, 7) is 2.13. The van der Waals surface area contributed by atoms with Gasteiger partial charge in [-0.25, -0.2) is 4.68 Å². The minimum atomic E-state index is -0.0777. The van der Waals surface area contributed by atoms with Crippen LogP contribution in [-0.2, 0) is 11.2 Å². The minimum absolute atomic E-state index is 0.0777. The zero-order valence-electron chi connectivity index (χ0n) is 15.3. The van der Waals surface area contributed by atoms with Crippen LogP contribution in [0.4, 0.5) is 11.9 Å². The molecule has 1 aliphatic heterocycles. The lowest BCUT2D eigenvalue weighted by Gasteiger charge is -2.29. The number of aromatic nitrogens is 3. The van der Waals surface area contributed by atoms with E-state index in [0.717, 1.165) is 12.0 Å². The highest BCUT2D eigenvalue weighted by Crippen LogP contribution is 2.31. The lowest BCUT2D eigenvalue weighted by Crippen LogP contribution is -2.31. The lowest BCUT2D eigenvalue weighted by atomic mass is 9.99. The number of hydrogen-bond acceptors (Lipinski definition) is 4. The molecule has 0 saturated carbocycles. The second-order valence-corrected chi connectivity index (χ2v) is 6.94. The van der Waals surface area contributed by atoms with Gasteiger partial charge in [0.05, 0.1) is 6.04 Å². The van der Waals surface area contributed by atoms with Crippen LogP contribution in [0.25, 0.3) is 0 Å². The number of anilines is 2. The van der Waals surface area contributed by atoms with Crippen molar-refractivity contribution in [1.29, 1.82) is 0 Å². The predicted octanol–water partition coefficient (Wildman–Crippen LogP) is 3.64. The molecule has 0 radical (unpaired) electrons. The van der Waals surface area contributed by atoms with Crippen LogP contribution in [0.15, 0.2) is 60.7 Å². The van der Waals surface area contributed by atoms with E-state index in [2.05, 4.69) is 39.8 Å². The molecule has 6 heteroatoms. The number of rotatable bonds is 5. The Balaban J connectivity index is 1.47. The third-order valence-electron chi connectivity index (χ3n) is 4.80. The first-order valence-electron chi connectivity index (χ1n) is 9.31. The number of nitrogens with zero attached hydrogens (tertiary/aromatic N) is 3. The van der Waals surface area contributed by atoms with Crippen LogP contribution >= 0.6 is 0 Å². The van der Waals surface area contributed by atoms with Crippen molar-refractivity contribution in [3.8, 4) is 0 Å². The molecular formula is C21H23N5O. The first kappa shape index (κ1) is 17.3. The maximum atomic E-state index is 12.3. The summed E-state index contributed by atoms with van der Waals surface area (Å²) in [4.78, 5) is 16.8. The van der Waals surface area contributed by atoms with Crippen LogP contribution in [-0.4, -0.2) is 26.7 Å². The second kappa shape index (κ2) is 7.61. The molecule has 2 N–H and O–H groups in total. The van der Waals surface area contributed by atoms with Gasteiger partial charge < -0.3 is 5.32 Å². The minimum Gasteiger partial charge on any atom is -0.352 e. The molecular weight excluding hydrogens is 338 g/mol. The summed E-state index contributed by atoms with van der Waals surface area (Å²) in [7, 11) is 0. The maximum Gasteiger partial charge on any atom is 0.250 e. The molecule has 0 unspecified atom stereocenters. The molecule has 2 heterocycles. The third-order valence-corrected chi connectivity index (χ3v) is 4.80. The molecule has 0 fully saturated rings. The summed E-state index contributed by atoms with van der Waals surface area (Å²) in [5, 5.41) is 10.7. The van der Waals surface area contributed by atoms with Gasteiger partial charge in [-0.1, -0.05) is 60.7 Å². The van der Waals surface area contributed by atoms with Crippen molar-refractivity contribution >= 4 is 17.8 Å². The van der Waals surface area contributed by atoms with E-state index in [1.807, 2.05) is 53.2 Å². The van der Waals surface area contributed by atoms with E-state index in [4.69, 9.17) is 0 Å². The molecule has 1 aliphatic rings. The van der Waals surface area contributed by atoms with Crippen molar-refractivity contribution in [3.05, 3.63) is 71.8 Å². The normalized spacial score (nSPS) is 18.4. The highest BCUT2D eigenvalue weighted by Gasteiger charge is 2.28. The first-order valence-corrected chi connectivity index (χ1v) is 9.31. The Kier molecular flexibility index (Phi) is 4.87. The van der Waals surface area contributed by atoms with Crippen LogP contribution < -0.4 is 10.6 Å². The Bertz CT molecular complexity index is 907. The largest absolute Gasteiger partial charge is 0.352 e. The van der Waals surface area contributed by atoms with Crippen LogP contribution in [0.5, 0.6) is 0 Å². The molecule has 2 atom stereocenters. The number of amides is 1. The van der Waals surface area contributed by atoms with Gasteiger partial charge in [0.25, 0.3) is 5.95 Å². The van der Waals surface area contributed by atoms with Gasteiger partial charge in [-0.05, 0) is 30.9 Å². The van der Waals surface area contributed by atoms with Gasteiger partial charge >= 0.3 is 0 Å². The van der Waals surface area contributed by atoms with Crippen molar-refractivity contribution in [2.75, 3.05) is 10.6 Å². The van der Waals surface area contributed by atoms with Gasteiger partial charge in [0.1, 0.15) is 0 Å². The molecule has 1 aromatic heterocycles. The standard InChI is InChI=1S/C21H23N5O/c1-15-14-18(17-10-6-3-7-11-17)26-21(22-15)24-20(25-26)23-19(27)13-12-16-8-4-2-5-9-16/h2-11,15,18H,12-14H2,1H3,(H2,22,23,24,25,27)/t15-,18+/m0/s1. The molecule has 1 amide bonds. The number of benzene rings is 2. The van der Waals surface area contributed by atoms with E-state index in [1.165, 1.54) is 5.56 Å². The van der Waals surface area contributed by atoms with Gasteiger partial charge in [0.15, 0.2) is 0 Å². The number of fused-ring (bicyclic) bond motifs is 1. The number of hydrogen-bond donors (Lipinski definition) is 2. The highest BCUT2D eigenvalue weighted by atomic mass is 16.1. The molecule has 0 bridgehead atoms. The monoisotopic (exact) mass is 361 g/mol. The molecule has 4 rings (SSSR count). The fourth-order valence-corrected chi connectivity index (χ4v) is 3.45. The van der Waals surface area contributed by atoms with Crippen LogP contribution in [0.1, 0.15) is 36.9 Å². The third kappa shape index (κ3) is 4.00. The Labute approximate surface area is 158 Å². The van der Waals surface area contributed by atoms with Crippen LogP contribution in [0.3, 0.4) is 0 Å². The number of nitrogens with one attached hydrogen (secondary N) is 2. The average Bonchev–Trinajstić information content (AvgIpc) is 3.09. The van der Waals surface area contributed by atoms with Gasteiger partial charge in [-0.3, -0.25) is 10.1 Å². The van der Waals surface area contributed by atoms with Crippen molar-refractivity contribution in [1.82, 2.24) is 14.8 Å². The summed E-state index contributed by atoms with van der Waals surface area (Å²) in [5.41, 5.74) is 2.34. The molecule has 27 heavy (non-hydrogen) atoms. The summed E-state index contributed by atoms with van der Waals surface area (Å²) in [6, 6.07) is 20.7. The quantitative estimate of drug-likeness (QED) is 0.728. The highest BCUT2D eigenvalue weighted by molar-refractivity contribution is 5.89. The zero-order chi connectivity index (χ0) is 18.6. The van der Waals surface area contributed by atoms with Gasteiger partial charge in [0.2, 0.25) is 11.9 Å². The fourth-order valence-electron chi connectivity index (χ4n) is 3.45. The lowest BCUT2D eigenvalue weighted by molar-refractivity contribution is -0.116. The van der Waals surface area contributed by atoms with E-state index in [9.17, 15) is 4.79 Å². The molecule has 3 aromatic rings. The van der Waals surface area contributed by atoms with E-state index < -0.39 is 0 Å². The second-order valence-electron chi connectivity index (χ2n) is 6.94. The summed E-state index contributed by atoms with van der Waals surface area (Å²) in [5.74, 6) is 0.970. The van der Waals surface area contributed by atoms with E-state index in [-0.39, 0.29) is 18.0 Å². The summed E-state index contributed by atoms with van der Waals surface area (Å²) < 4.78 is 1.88. The average molecular weight is 361 g/mol. The van der Waals surface area contributed by atoms with Crippen molar-refractivity contribution in [2.45, 2.75) is 38.3 Å². The van der Waals surface area contributed by atoms with Crippen molar-refractivity contribution in [2.24, 2.45) is 0 Å². The van der Waals surface area contributed by atoms with Crippen molar-refractivity contribution in [3.63, 3.8) is 0 Å². The van der Waals surface area contributed by atoms with E-state index >= 15 is 0 Å². The number of carbonyl (C=O) groups excluding carboxylic acids is 1. The molecule has 0 spiro atoms. The maximum absolute atomic E-state index is 12.3. The van der Waals surface area contributed by atoms with Gasteiger partial charge in [-0.2, -0.15) is 4.98 Å². The fraction of sp³-hybridized carbons (Fsp3) is 0.286. The van der Waals surface area contributed by atoms with E-state index in [1.54, 1.807) is 0 Å². The zero-order valence-corrected chi connectivity index (χ0v) is 15.3. The Morgan fingerprint density at radius 1 is 1.15 bits per heavy atom. The number of carbonyl (C=O) groups is 1. The van der Waals surface area contributed by atoms with Crippen molar-refractivity contribution < 1.29 is 4.79 Å². The summed E-state index contributed by atoms with van der Waals surface area (Å²) in [6.07, 6.45) is 2.02. The number of aryl methyl sites for hydroxylation is 1. The Hall–Kier alpha value is -3.15. The SMILES string of the molecule is C[C@H]1C[C@H](c2ccccc2)n2nc(NC(=O)CCc3ccccc3)nc2N1. The summed E-state index contributed by atoms with van der Waals surface area (Å²) >= 11 is 0. The Morgan fingerprint density at radius 2 is 1.85 bits per heavy atom. The first-order chi connectivity index (χ1) is 13.2. The smallest absolute Gasteiger partial charge is 0.250 e. The van der Waals surface area contributed by atoms with Gasteiger partial charge in [0, 0.05) is 12.5 Å². The molecule has 0 saturated heterocycles. The topological polar surface area (TPSA) is 71.8 Å². The molecule has 0 aliphatic carbocycles.